The molecule has 1 aromatic rings. The van der Waals surface area contributed by atoms with Crippen molar-refractivity contribution in [3.8, 4) is 5.75 Å². The lowest BCUT2D eigenvalue weighted by molar-refractivity contribution is 0.321. The van der Waals surface area contributed by atoms with Crippen molar-refractivity contribution >= 4 is 33.0 Å². The maximum absolute atomic E-state index is 13.8. The van der Waals surface area contributed by atoms with Gasteiger partial charge in [-0.25, -0.2) is 12.8 Å². The molecule has 0 spiro atoms. The Morgan fingerprint density at radius 3 is 2.86 bits per heavy atom. The number of rotatable bonds is 4. The van der Waals surface area contributed by atoms with Crippen LogP contribution in [0.4, 0.5) is 15.8 Å². The van der Waals surface area contributed by atoms with Crippen molar-refractivity contribution in [2.75, 3.05) is 41.5 Å². The van der Waals surface area contributed by atoms with Gasteiger partial charge in [-0.15, -0.1) is 0 Å². The second-order valence-electron chi connectivity index (χ2n) is 4.83. The molecule has 0 aromatic heterocycles. The minimum absolute atomic E-state index is 0.0900. The number of nitrogens with two attached hydrogens (primary N) is 1. The molecular formula is C13H19FN2O3S2. The van der Waals surface area contributed by atoms with E-state index in [9.17, 15) is 12.8 Å². The molecule has 0 saturated carbocycles. The third-order valence-electron chi connectivity index (χ3n) is 3.27. The van der Waals surface area contributed by atoms with Gasteiger partial charge in [-0.2, -0.15) is 11.8 Å². The molecule has 1 saturated heterocycles. The predicted octanol–water partition coefficient (Wildman–Crippen LogP) is 1.73. The minimum Gasteiger partial charge on any atom is -0.491 e. The van der Waals surface area contributed by atoms with Crippen LogP contribution in [0.2, 0.25) is 0 Å². The summed E-state index contributed by atoms with van der Waals surface area (Å²) in [5, 5.41) is -0.654. The second-order valence-corrected chi connectivity index (χ2v) is 8.18. The van der Waals surface area contributed by atoms with Crippen LogP contribution < -0.4 is 15.4 Å². The van der Waals surface area contributed by atoms with E-state index in [0.29, 0.717) is 24.6 Å². The third kappa shape index (κ3) is 3.55. The fourth-order valence-corrected chi connectivity index (χ4v) is 5.12. The lowest BCUT2D eigenvalue weighted by Crippen LogP contribution is -2.47. The lowest BCUT2D eigenvalue weighted by atomic mass is 10.2. The molecule has 21 heavy (non-hydrogen) atoms. The molecule has 118 valence electrons. The summed E-state index contributed by atoms with van der Waals surface area (Å²) >= 11 is 1.58. The number of hydrogen-bond donors (Lipinski definition) is 1. The minimum atomic E-state index is -3.26. The highest BCUT2D eigenvalue weighted by Crippen LogP contribution is 2.35. The molecule has 1 unspecified atom stereocenters. The summed E-state index contributed by atoms with van der Waals surface area (Å²) in [4.78, 5) is 1.73. The summed E-state index contributed by atoms with van der Waals surface area (Å²) in [7, 11) is -3.26. The standard InChI is InChI=1S/C13H19FN2O3S2/c1-3-19-12-7-11(10(15)6-9(12)14)16-4-5-20-8-13(16)21(2,17)18/h6-7,13H,3-5,8,15H2,1-2H3. The second kappa shape index (κ2) is 6.31. The maximum atomic E-state index is 13.8. The van der Waals surface area contributed by atoms with E-state index in [1.807, 2.05) is 0 Å². The van der Waals surface area contributed by atoms with Crippen LogP contribution in [0.1, 0.15) is 6.92 Å². The number of anilines is 2. The molecule has 0 radical (unpaired) electrons. The Bertz CT molecular complexity index is 622. The van der Waals surface area contributed by atoms with Gasteiger partial charge in [0.25, 0.3) is 0 Å². The molecule has 0 aliphatic carbocycles. The van der Waals surface area contributed by atoms with Crippen molar-refractivity contribution in [2.45, 2.75) is 12.3 Å². The molecule has 2 rings (SSSR count). The number of thioether (sulfide) groups is 1. The maximum Gasteiger partial charge on any atom is 0.169 e. The zero-order valence-corrected chi connectivity index (χ0v) is 13.6. The van der Waals surface area contributed by atoms with Gasteiger partial charge in [0, 0.05) is 36.4 Å². The highest BCUT2D eigenvalue weighted by molar-refractivity contribution is 8.01. The Hall–Kier alpha value is -1.15. The number of benzene rings is 1. The zero-order chi connectivity index (χ0) is 15.6. The third-order valence-corrected chi connectivity index (χ3v) is 5.91. The van der Waals surface area contributed by atoms with Crippen molar-refractivity contribution in [2.24, 2.45) is 0 Å². The van der Waals surface area contributed by atoms with Crippen molar-refractivity contribution in [3.63, 3.8) is 0 Å². The van der Waals surface area contributed by atoms with Crippen molar-refractivity contribution in [1.82, 2.24) is 0 Å². The number of hydrogen-bond acceptors (Lipinski definition) is 6. The Morgan fingerprint density at radius 2 is 2.24 bits per heavy atom. The highest BCUT2D eigenvalue weighted by Gasteiger charge is 2.32. The fraction of sp³-hybridized carbons (Fsp3) is 0.538. The summed E-state index contributed by atoms with van der Waals surface area (Å²) in [6.45, 7) is 2.63. The normalized spacial score (nSPS) is 19.6. The fourth-order valence-electron chi connectivity index (χ4n) is 2.28. The highest BCUT2D eigenvalue weighted by atomic mass is 32.2. The monoisotopic (exact) mass is 334 g/mol. The van der Waals surface area contributed by atoms with Gasteiger partial charge in [0.2, 0.25) is 0 Å². The van der Waals surface area contributed by atoms with E-state index in [4.69, 9.17) is 10.5 Å². The first-order valence-electron chi connectivity index (χ1n) is 6.59. The van der Waals surface area contributed by atoms with E-state index in [1.165, 1.54) is 18.4 Å². The van der Waals surface area contributed by atoms with Gasteiger partial charge in [0.1, 0.15) is 5.37 Å². The Morgan fingerprint density at radius 1 is 1.52 bits per heavy atom. The van der Waals surface area contributed by atoms with Crippen LogP contribution >= 0.6 is 11.8 Å². The van der Waals surface area contributed by atoms with Gasteiger partial charge < -0.3 is 15.4 Å². The molecule has 2 N–H and O–H groups in total. The van der Waals surface area contributed by atoms with Gasteiger partial charge in [-0.05, 0) is 6.92 Å². The summed E-state index contributed by atoms with van der Waals surface area (Å²) in [5.41, 5.74) is 6.61. The van der Waals surface area contributed by atoms with Crippen LogP contribution in [0.25, 0.3) is 0 Å². The van der Waals surface area contributed by atoms with Gasteiger partial charge >= 0.3 is 0 Å². The first-order chi connectivity index (χ1) is 9.84. The van der Waals surface area contributed by atoms with E-state index >= 15 is 0 Å². The van der Waals surface area contributed by atoms with Gasteiger partial charge in [-0.1, -0.05) is 0 Å². The number of sulfone groups is 1. The molecule has 0 amide bonds. The quantitative estimate of drug-likeness (QED) is 0.846. The van der Waals surface area contributed by atoms with Crippen molar-refractivity contribution < 1.29 is 17.5 Å². The first-order valence-corrected chi connectivity index (χ1v) is 9.70. The molecule has 1 fully saturated rings. The molecule has 1 atom stereocenters. The average molecular weight is 334 g/mol. The van der Waals surface area contributed by atoms with Crippen LogP contribution in [0.5, 0.6) is 5.75 Å². The number of ether oxygens (including phenoxy) is 1. The van der Waals surface area contributed by atoms with Crippen LogP contribution in [-0.2, 0) is 9.84 Å². The SMILES string of the molecule is CCOc1cc(N2CCSCC2S(C)(=O)=O)c(N)cc1F. The van der Waals surface area contributed by atoms with Gasteiger partial charge in [0.05, 0.1) is 18.0 Å². The van der Waals surface area contributed by atoms with Gasteiger partial charge in [0.15, 0.2) is 21.4 Å². The van der Waals surface area contributed by atoms with E-state index in [0.717, 1.165) is 5.75 Å². The molecule has 1 heterocycles. The largest absolute Gasteiger partial charge is 0.491 e. The smallest absolute Gasteiger partial charge is 0.169 e. The summed E-state index contributed by atoms with van der Waals surface area (Å²) in [6, 6.07) is 2.67. The molecule has 1 aliphatic heterocycles. The van der Waals surface area contributed by atoms with Crippen LogP contribution in [0.15, 0.2) is 12.1 Å². The lowest BCUT2D eigenvalue weighted by Gasteiger charge is -2.36. The number of nitrogen functional groups attached to an aromatic ring is 1. The Kier molecular flexibility index (Phi) is 4.88. The first kappa shape index (κ1) is 16.2. The zero-order valence-electron chi connectivity index (χ0n) is 12.0. The summed E-state index contributed by atoms with van der Waals surface area (Å²) in [6.07, 6.45) is 1.21. The average Bonchev–Trinajstić information content (AvgIpc) is 2.41. The molecule has 5 nitrogen and oxygen atoms in total. The number of nitrogens with zero attached hydrogens (tertiary/aromatic N) is 1. The molecule has 1 aromatic carbocycles. The Balaban J connectivity index is 2.45. The van der Waals surface area contributed by atoms with E-state index in [1.54, 1.807) is 23.6 Å². The summed E-state index contributed by atoms with van der Waals surface area (Å²) in [5.74, 6) is 0.819. The predicted molar refractivity (Wildman–Crippen MR) is 85.3 cm³/mol. The van der Waals surface area contributed by atoms with Crippen LogP contribution in [0.3, 0.4) is 0 Å². The molecule has 1 aliphatic rings. The number of halogens is 1. The van der Waals surface area contributed by atoms with Crippen LogP contribution in [-0.4, -0.2) is 44.7 Å². The molecule has 8 heteroatoms. The Labute approximate surface area is 128 Å². The van der Waals surface area contributed by atoms with Crippen LogP contribution in [0, 0.1) is 5.82 Å². The topological polar surface area (TPSA) is 72.6 Å². The molecule has 0 bridgehead atoms. The van der Waals surface area contributed by atoms with E-state index in [-0.39, 0.29) is 11.4 Å². The van der Waals surface area contributed by atoms with E-state index in [2.05, 4.69) is 0 Å². The van der Waals surface area contributed by atoms with Crippen molar-refractivity contribution in [3.05, 3.63) is 17.9 Å². The van der Waals surface area contributed by atoms with Gasteiger partial charge in [-0.3, -0.25) is 0 Å². The van der Waals surface area contributed by atoms with E-state index < -0.39 is 21.0 Å². The van der Waals surface area contributed by atoms with Crippen molar-refractivity contribution in [1.29, 1.82) is 0 Å². The molecular weight excluding hydrogens is 315 g/mol. The summed E-state index contributed by atoms with van der Waals surface area (Å²) < 4.78 is 42.9.